The van der Waals surface area contributed by atoms with Crippen LogP contribution in [-0.2, 0) is 4.79 Å². The molecule has 0 unspecified atom stereocenters. The average Bonchev–Trinajstić information content (AvgIpc) is 2.52. The van der Waals surface area contributed by atoms with E-state index in [2.05, 4.69) is 15.6 Å². The summed E-state index contributed by atoms with van der Waals surface area (Å²) < 4.78 is 0. The number of pyridine rings is 1. The molecule has 2 rings (SSSR count). The molecule has 5 nitrogen and oxygen atoms in total. The number of amides is 2. The summed E-state index contributed by atoms with van der Waals surface area (Å²) in [5, 5.41) is 5.53. The normalized spacial score (nSPS) is 10.0. The zero-order valence-electron chi connectivity index (χ0n) is 12.5. The van der Waals surface area contributed by atoms with Crippen LogP contribution in [-0.4, -0.2) is 23.3 Å². The van der Waals surface area contributed by atoms with E-state index in [0.717, 1.165) is 5.56 Å². The van der Waals surface area contributed by atoms with Crippen LogP contribution in [0.5, 0.6) is 0 Å². The van der Waals surface area contributed by atoms with E-state index in [1.807, 2.05) is 37.3 Å². The van der Waals surface area contributed by atoms with Crippen molar-refractivity contribution in [1.29, 1.82) is 0 Å². The van der Waals surface area contributed by atoms with E-state index < -0.39 is 0 Å². The van der Waals surface area contributed by atoms with E-state index in [0.29, 0.717) is 30.8 Å². The molecule has 114 valence electrons. The van der Waals surface area contributed by atoms with Crippen LogP contribution in [0.15, 0.2) is 48.7 Å². The third kappa shape index (κ3) is 5.01. The van der Waals surface area contributed by atoms with Crippen molar-refractivity contribution >= 4 is 17.6 Å². The highest BCUT2D eigenvalue weighted by Crippen LogP contribution is 2.06. The van der Waals surface area contributed by atoms with Crippen molar-refractivity contribution in [2.24, 2.45) is 0 Å². The van der Waals surface area contributed by atoms with Crippen molar-refractivity contribution in [3.05, 3.63) is 59.8 Å². The van der Waals surface area contributed by atoms with Crippen LogP contribution in [0, 0.1) is 6.92 Å². The van der Waals surface area contributed by atoms with Crippen molar-refractivity contribution in [3.8, 4) is 0 Å². The van der Waals surface area contributed by atoms with E-state index in [4.69, 9.17) is 0 Å². The quantitative estimate of drug-likeness (QED) is 0.805. The average molecular weight is 297 g/mol. The summed E-state index contributed by atoms with van der Waals surface area (Å²) >= 11 is 0. The minimum Gasteiger partial charge on any atom is -0.352 e. The first kappa shape index (κ1) is 15.7. The van der Waals surface area contributed by atoms with Gasteiger partial charge in [-0.05, 0) is 43.2 Å². The molecule has 0 aliphatic rings. The topological polar surface area (TPSA) is 71.1 Å². The van der Waals surface area contributed by atoms with Crippen LogP contribution in [0.2, 0.25) is 0 Å². The Labute approximate surface area is 129 Å². The number of hydrogen-bond donors (Lipinski definition) is 2. The monoisotopic (exact) mass is 297 g/mol. The van der Waals surface area contributed by atoms with Gasteiger partial charge in [-0.3, -0.25) is 9.59 Å². The van der Waals surface area contributed by atoms with Gasteiger partial charge in [0.25, 0.3) is 5.91 Å². The first-order valence-corrected chi connectivity index (χ1v) is 7.21. The lowest BCUT2D eigenvalue weighted by Gasteiger charge is -2.06. The van der Waals surface area contributed by atoms with Crippen LogP contribution >= 0.6 is 0 Å². The highest BCUT2D eigenvalue weighted by Gasteiger charge is 2.06. The standard InChI is InChI=1S/C17H19N3O2/c1-13-9-11-18-15(12-13)20-16(21)8-5-10-19-17(22)14-6-3-2-4-7-14/h2-4,6-7,9,11-12H,5,8,10H2,1H3,(H,19,22)(H,18,20,21). The van der Waals surface area contributed by atoms with Gasteiger partial charge in [0.05, 0.1) is 0 Å². The van der Waals surface area contributed by atoms with Gasteiger partial charge in [-0.25, -0.2) is 4.98 Å². The molecule has 5 heteroatoms. The van der Waals surface area contributed by atoms with Gasteiger partial charge >= 0.3 is 0 Å². The molecule has 2 aromatic rings. The zero-order valence-corrected chi connectivity index (χ0v) is 12.5. The Morgan fingerprint density at radius 1 is 1.14 bits per heavy atom. The molecule has 1 aromatic heterocycles. The van der Waals surface area contributed by atoms with E-state index in [-0.39, 0.29) is 11.8 Å². The second-order valence-electron chi connectivity index (χ2n) is 4.99. The maximum Gasteiger partial charge on any atom is 0.251 e. The fourth-order valence-electron chi connectivity index (χ4n) is 1.95. The molecular formula is C17H19N3O2. The molecule has 1 heterocycles. The maximum absolute atomic E-state index is 11.8. The fraction of sp³-hybridized carbons (Fsp3) is 0.235. The van der Waals surface area contributed by atoms with Gasteiger partial charge < -0.3 is 10.6 Å². The summed E-state index contributed by atoms with van der Waals surface area (Å²) in [7, 11) is 0. The van der Waals surface area contributed by atoms with Gasteiger partial charge in [-0.1, -0.05) is 18.2 Å². The maximum atomic E-state index is 11.8. The largest absolute Gasteiger partial charge is 0.352 e. The number of aromatic nitrogens is 1. The Hall–Kier alpha value is -2.69. The lowest BCUT2D eigenvalue weighted by molar-refractivity contribution is -0.116. The van der Waals surface area contributed by atoms with E-state index in [9.17, 15) is 9.59 Å². The highest BCUT2D eigenvalue weighted by atomic mass is 16.2. The predicted molar refractivity (Wildman–Crippen MR) is 85.6 cm³/mol. The second-order valence-corrected chi connectivity index (χ2v) is 4.99. The van der Waals surface area contributed by atoms with Gasteiger partial charge in [-0.2, -0.15) is 0 Å². The molecule has 0 saturated heterocycles. The molecule has 0 spiro atoms. The van der Waals surface area contributed by atoms with Gasteiger partial charge in [0.15, 0.2) is 0 Å². The van der Waals surface area contributed by atoms with Crippen LogP contribution < -0.4 is 10.6 Å². The Kier molecular flexibility index (Phi) is 5.65. The number of nitrogens with one attached hydrogen (secondary N) is 2. The van der Waals surface area contributed by atoms with E-state index >= 15 is 0 Å². The van der Waals surface area contributed by atoms with Crippen molar-refractivity contribution in [1.82, 2.24) is 10.3 Å². The number of carbonyl (C=O) groups is 2. The molecule has 0 bridgehead atoms. The van der Waals surface area contributed by atoms with Crippen molar-refractivity contribution < 1.29 is 9.59 Å². The summed E-state index contributed by atoms with van der Waals surface area (Å²) in [5.74, 6) is 0.326. The minimum atomic E-state index is -0.124. The molecule has 22 heavy (non-hydrogen) atoms. The van der Waals surface area contributed by atoms with E-state index in [1.54, 1.807) is 18.3 Å². The number of aryl methyl sites for hydroxylation is 1. The molecular weight excluding hydrogens is 278 g/mol. The molecule has 0 fully saturated rings. The smallest absolute Gasteiger partial charge is 0.251 e. The number of anilines is 1. The third-order valence-electron chi connectivity index (χ3n) is 3.09. The van der Waals surface area contributed by atoms with E-state index in [1.165, 1.54) is 0 Å². The zero-order chi connectivity index (χ0) is 15.8. The number of benzene rings is 1. The van der Waals surface area contributed by atoms with Gasteiger partial charge in [0, 0.05) is 24.7 Å². The summed E-state index contributed by atoms with van der Waals surface area (Å²) in [5.41, 5.74) is 1.66. The molecule has 2 amide bonds. The molecule has 2 N–H and O–H groups in total. The lowest BCUT2D eigenvalue weighted by atomic mass is 10.2. The number of rotatable bonds is 6. The Morgan fingerprint density at radius 3 is 2.64 bits per heavy atom. The van der Waals surface area contributed by atoms with Crippen molar-refractivity contribution in [3.63, 3.8) is 0 Å². The molecule has 0 atom stereocenters. The predicted octanol–water partition coefficient (Wildman–Crippen LogP) is 2.54. The Morgan fingerprint density at radius 2 is 1.91 bits per heavy atom. The number of hydrogen-bond acceptors (Lipinski definition) is 3. The van der Waals surface area contributed by atoms with Crippen LogP contribution in [0.3, 0.4) is 0 Å². The summed E-state index contributed by atoms with van der Waals surface area (Å²) in [6.07, 6.45) is 2.58. The minimum absolute atomic E-state index is 0.105. The first-order chi connectivity index (χ1) is 10.6. The number of carbonyl (C=O) groups excluding carboxylic acids is 2. The molecule has 0 aliphatic carbocycles. The third-order valence-corrected chi connectivity index (χ3v) is 3.09. The van der Waals surface area contributed by atoms with Crippen molar-refractivity contribution in [2.75, 3.05) is 11.9 Å². The van der Waals surface area contributed by atoms with Crippen molar-refractivity contribution in [2.45, 2.75) is 19.8 Å². The van der Waals surface area contributed by atoms with Gasteiger partial charge in [0.1, 0.15) is 5.82 Å². The first-order valence-electron chi connectivity index (χ1n) is 7.21. The van der Waals surface area contributed by atoms with Crippen LogP contribution in [0.1, 0.15) is 28.8 Å². The van der Waals surface area contributed by atoms with Gasteiger partial charge in [0.2, 0.25) is 5.91 Å². The summed E-state index contributed by atoms with van der Waals surface area (Å²) in [6, 6.07) is 12.7. The fourth-order valence-corrected chi connectivity index (χ4v) is 1.95. The lowest BCUT2D eigenvalue weighted by Crippen LogP contribution is -2.25. The second kappa shape index (κ2) is 7.93. The number of nitrogens with zero attached hydrogens (tertiary/aromatic N) is 1. The SMILES string of the molecule is Cc1ccnc(NC(=O)CCCNC(=O)c2ccccc2)c1. The Bertz CT molecular complexity index is 641. The summed E-state index contributed by atoms with van der Waals surface area (Å²) in [6.45, 7) is 2.40. The van der Waals surface area contributed by atoms with Crippen LogP contribution in [0.25, 0.3) is 0 Å². The molecule has 0 aliphatic heterocycles. The highest BCUT2D eigenvalue weighted by molar-refractivity contribution is 5.94. The van der Waals surface area contributed by atoms with Gasteiger partial charge in [-0.15, -0.1) is 0 Å². The molecule has 0 radical (unpaired) electrons. The van der Waals surface area contributed by atoms with Crippen LogP contribution in [0.4, 0.5) is 5.82 Å². The molecule has 1 aromatic carbocycles. The molecule has 0 saturated carbocycles. The Balaban J connectivity index is 1.68. The summed E-state index contributed by atoms with van der Waals surface area (Å²) in [4.78, 5) is 27.6.